The zero-order valence-electron chi connectivity index (χ0n) is 7.29. The van der Waals surface area contributed by atoms with E-state index in [-0.39, 0.29) is 12.3 Å². The minimum atomic E-state index is -0.360. The molecule has 0 radical (unpaired) electrons. The summed E-state index contributed by atoms with van der Waals surface area (Å²) in [5, 5.41) is 7.62. The topological polar surface area (TPSA) is 66.9 Å². The molecular weight excluding hydrogens is 164 g/mol. The van der Waals surface area contributed by atoms with Crippen molar-refractivity contribution in [1.82, 2.24) is 0 Å². The van der Waals surface area contributed by atoms with E-state index in [2.05, 4.69) is 0 Å². The van der Waals surface area contributed by atoms with E-state index >= 15 is 0 Å². The van der Waals surface area contributed by atoms with Crippen LogP contribution in [-0.2, 0) is 4.79 Å². The summed E-state index contributed by atoms with van der Waals surface area (Å²) in [4.78, 5) is 10.5. The smallest absolute Gasteiger partial charge is 0.217 e. The predicted octanol–water partition coefficient (Wildman–Crippen LogP) is 1.32. The summed E-state index contributed by atoms with van der Waals surface area (Å²) >= 11 is 0. The molecule has 3 nitrogen and oxygen atoms in total. The molecule has 1 aromatic rings. The lowest BCUT2D eigenvalue weighted by Crippen LogP contribution is -2.12. The molecule has 0 aliphatic rings. The van der Waals surface area contributed by atoms with Gasteiger partial charge in [0.05, 0.1) is 0 Å². The first kappa shape index (κ1) is 9.45. The van der Waals surface area contributed by atoms with Crippen LogP contribution in [0.3, 0.4) is 0 Å². The van der Waals surface area contributed by atoms with Crippen LogP contribution < -0.4 is 5.73 Å². The molecule has 0 unspecified atom stereocenters. The maximum atomic E-state index is 10.5. The quantitative estimate of drug-likeness (QED) is 0.667. The van der Waals surface area contributed by atoms with Crippen molar-refractivity contribution in [1.29, 1.82) is 5.41 Å². The third-order valence-corrected chi connectivity index (χ3v) is 1.74. The highest BCUT2D eigenvalue weighted by molar-refractivity contribution is 5.99. The van der Waals surface area contributed by atoms with Gasteiger partial charge in [0.1, 0.15) is 0 Å². The first-order valence-electron chi connectivity index (χ1n) is 4.11. The Kier molecular flexibility index (Phi) is 3.20. The van der Waals surface area contributed by atoms with Crippen LogP contribution in [0.1, 0.15) is 18.4 Å². The van der Waals surface area contributed by atoms with Crippen LogP contribution in [0.4, 0.5) is 0 Å². The van der Waals surface area contributed by atoms with Gasteiger partial charge in [-0.3, -0.25) is 4.79 Å². The molecule has 3 N–H and O–H groups in total. The van der Waals surface area contributed by atoms with E-state index in [9.17, 15) is 4.79 Å². The normalized spacial score (nSPS) is 9.54. The summed E-state index contributed by atoms with van der Waals surface area (Å²) in [6.07, 6.45) is 0.660. The Balaban J connectivity index is 2.54. The zero-order valence-corrected chi connectivity index (χ0v) is 7.29. The Labute approximate surface area is 77.1 Å². The van der Waals surface area contributed by atoms with Gasteiger partial charge in [-0.1, -0.05) is 30.3 Å². The third kappa shape index (κ3) is 3.07. The molecule has 3 heteroatoms. The van der Waals surface area contributed by atoms with E-state index in [1.165, 1.54) is 0 Å². The van der Waals surface area contributed by atoms with Gasteiger partial charge in [-0.05, 0) is 12.0 Å². The summed E-state index contributed by atoms with van der Waals surface area (Å²) in [7, 11) is 0. The Morgan fingerprint density at radius 2 is 1.85 bits per heavy atom. The average molecular weight is 176 g/mol. The second-order valence-electron chi connectivity index (χ2n) is 2.81. The van der Waals surface area contributed by atoms with E-state index in [0.717, 1.165) is 5.56 Å². The molecule has 0 atom stereocenters. The van der Waals surface area contributed by atoms with Gasteiger partial charge < -0.3 is 11.1 Å². The van der Waals surface area contributed by atoms with Crippen LogP contribution in [0.5, 0.6) is 0 Å². The van der Waals surface area contributed by atoms with Crippen LogP contribution in [-0.4, -0.2) is 11.6 Å². The first-order valence-corrected chi connectivity index (χ1v) is 4.11. The number of carbonyl (C=O) groups excluding carboxylic acids is 1. The molecule has 1 rings (SSSR count). The first-order chi connectivity index (χ1) is 6.20. The number of amides is 1. The number of rotatable bonds is 4. The van der Waals surface area contributed by atoms with Gasteiger partial charge in [-0.25, -0.2) is 0 Å². The number of nitrogens with one attached hydrogen (secondary N) is 1. The molecule has 68 valence electrons. The van der Waals surface area contributed by atoms with Gasteiger partial charge in [0.25, 0.3) is 0 Å². The molecule has 0 aliphatic carbocycles. The molecule has 13 heavy (non-hydrogen) atoms. The third-order valence-electron chi connectivity index (χ3n) is 1.74. The number of hydrogen-bond acceptors (Lipinski definition) is 2. The lowest BCUT2D eigenvalue weighted by atomic mass is 10.1. The zero-order chi connectivity index (χ0) is 9.68. The highest BCUT2D eigenvalue weighted by Crippen LogP contribution is 2.04. The van der Waals surface area contributed by atoms with Crippen molar-refractivity contribution in [2.75, 3.05) is 0 Å². The molecule has 0 spiro atoms. The van der Waals surface area contributed by atoms with Crippen molar-refractivity contribution in [2.24, 2.45) is 5.73 Å². The maximum Gasteiger partial charge on any atom is 0.217 e. The molecule has 0 bridgehead atoms. The number of primary amides is 1. The van der Waals surface area contributed by atoms with Crippen molar-refractivity contribution in [3.8, 4) is 0 Å². The summed E-state index contributed by atoms with van der Waals surface area (Å²) in [5.74, 6) is -0.360. The lowest BCUT2D eigenvalue weighted by molar-refractivity contribution is -0.117. The van der Waals surface area contributed by atoms with E-state index in [1.807, 2.05) is 30.3 Å². The molecule has 0 fully saturated rings. The van der Waals surface area contributed by atoms with E-state index < -0.39 is 0 Å². The van der Waals surface area contributed by atoms with E-state index in [0.29, 0.717) is 12.1 Å². The molecule has 0 saturated heterocycles. The van der Waals surface area contributed by atoms with Gasteiger partial charge in [-0.2, -0.15) is 0 Å². The lowest BCUT2D eigenvalue weighted by Gasteiger charge is -2.01. The molecule has 0 aromatic heterocycles. The Hall–Kier alpha value is -1.64. The van der Waals surface area contributed by atoms with E-state index in [4.69, 9.17) is 11.1 Å². The minimum Gasteiger partial charge on any atom is -0.370 e. The fraction of sp³-hybridized carbons (Fsp3) is 0.200. The van der Waals surface area contributed by atoms with Crippen molar-refractivity contribution in [3.05, 3.63) is 35.9 Å². The van der Waals surface area contributed by atoms with Gasteiger partial charge >= 0.3 is 0 Å². The Morgan fingerprint density at radius 3 is 2.38 bits per heavy atom. The maximum absolute atomic E-state index is 10.5. The average Bonchev–Trinajstić information content (AvgIpc) is 2.15. The Bertz CT molecular complexity index is 306. The van der Waals surface area contributed by atoms with Crippen molar-refractivity contribution >= 4 is 11.6 Å². The summed E-state index contributed by atoms with van der Waals surface area (Å²) < 4.78 is 0. The van der Waals surface area contributed by atoms with Gasteiger partial charge in [0.2, 0.25) is 5.91 Å². The number of nitrogens with two attached hydrogens (primary N) is 1. The standard InChI is InChI=1S/C10H12N2O/c11-9(6-7-10(12)13)8-4-2-1-3-5-8/h1-5,11H,6-7H2,(H2,12,13). The van der Waals surface area contributed by atoms with Crippen LogP contribution in [0.15, 0.2) is 30.3 Å². The van der Waals surface area contributed by atoms with E-state index in [1.54, 1.807) is 0 Å². The second kappa shape index (κ2) is 4.40. The summed E-state index contributed by atoms with van der Waals surface area (Å²) in [6, 6.07) is 9.33. The molecule has 0 aliphatic heterocycles. The largest absolute Gasteiger partial charge is 0.370 e. The van der Waals surface area contributed by atoms with Crippen LogP contribution >= 0.6 is 0 Å². The van der Waals surface area contributed by atoms with Crippen LogP contribution in [0.2, 0.25) is 0 Å². The molecule has 1 amide bonds. The molecular formula is C10H12N2O. The van der Waals surface area contributed by atoms with Gasteiger partial charge in [0.15, 0.2) is 0 Å². The number of benzene rings is 1. The summed E-state index contributed by atoms with van der Waals surface area (Å²) in [5.41, 5.74) is 6.29. The van der Waals surface area contributed by atoms with Crippen LogP contribution in [0.25, 0.3) is 0 Å². The number of hydrogen-bond donors (Lipinski definition) is 2. The van der Waals surface area contributed by atoms with Crippen molar-refractivity contribution < 1.29 is 4.79 Å². The van der Waals surface area contributed by atoms with Gasteiger partial charge in [0, 0.05) is 12.1 Å². The van der Waals surface area contributed by atoms with Crippen molar-refractivity contribution in [2.45, 2.75) is 12.8 Å². The second-order valence-corrected chi connectivity index (χ2v) is 2.81. The summed E-state index contributed by atoms with van der Waals surface area (Å²) in [6.45, 7) is 0. The minimum absolute atomic E-state index is 0.244. The highest BCUT2D eigenvalue weighted by atomic mass is 16.1. The van der Waals surface area contributed by atoms with Crippen LogP contribution in [0, 0.1) is 5.41 Å². The molecule has 0 saturated carbocycles. The predicted molar refractivity (Wildman–Crippen MR) is 51.7 cm³/mol. The number of carbonyl (C=O) groups is 1. The van der Waals surface area contributed by atoms with Crippen molar-refractivity contribution in [3.63, 3.8) is 0 Å². The Morgan fingerprint density at radius 1 is 1.23 bits per heavy atom. The molecule has 1 aromatic carbocycles. The fourth-order valence-electron chi connectivity index (χ4n) is 1.03. The molecule has 0 heterocycles. The fourth-order valence-corrected chi connectivity index (χ4v) is 1.03. The monoisotopic (exact) mass is 176 g/mol. The SMILES string of the molecule is N=C(CCC(N)=O)c1ccccc1. The van der Waals surface area contributed by atoms with Gasteiger partial charge in [-0.15, -0.1) is 0 Å². The highest BCUT2D eigenvalue weighted by Gasteiger charge is 2.02.